The Morgan fingerprint density at radius 2 is 1.56 bits per heavy atom. The van der Waals surface area contributed by atoms with Gasteiger partial charge in [-0.15, -0.1) is 0 Å². The molecule has 1 fully saturated rings. The quantitative estimate of drug-likeness (QED) is 0.800. The van der Waals surface area contributed by atoms with Crippen molar-refractivity contribution in [2.24, 2.45) is 0 Å². The molecule has 1 N–H and O–H groups in total. The Balaban J connectivity index is 1.82. The van der Waals surface area contributed by atoms with Gasteiger partial charge in [-0.05, 0) is 69.4 Å². The van der Waals surface area contributed by atoms with E-state index in [-0.39, 0.29) is 4.90 Å². The number of hydrogen-bond donors (Lipinski definition) is 1. The van der Waals surface area contributed by atoms with E-state index in [1.165, 1.54) is 0 Å². The lowest BCUT2D eigenvalue weighted by molar-refractivity contribution is 0.00578. The van der Waals surface area contributed by atoms with Crippen LogP contribution in [0.3, 0.4) is 0 Å². The van der Waals surface area contributed by atoms with E-state index < -0.39 is 28.3 Å². The van der Waals surface area contributed by atoms with Crippen molar-refractivity contribution in [2.45, 2.75) is 57.1 Å². The van der Waals surface area contributed by atoms with E-state index in [0.717, 1.165) is 17.4 Å². The first-order chi connectivity index (χ1) is 12.5. The van der Waals surface area contributed by atoms with Crippen LogP contribution in [0.5, 0.6) is 0 Å². The monoisotopic (exact) mass is 387 g/mol. The van der Waals surface area contributed by atoms with E-state index in [9.17, 15) is 8.42 Å². The van der Waals surface area contributed by atoms with E-state index in [2.05, 4.69) is 4.72 Å². The molecule has 5 nitrogen and oxygen atoms in total. The van der Waals surface area contributed by atoms with Crippen LogP contribution < -0.4 is 10.2 Å². The number of sulfonamides is 1. The van der Waals surface area contributed by atoms with Crippen LogP contribution in [-0.4, -0.2) is 26.7 Å². The predicted molar refractivity (Wildman–Crippen MR) is 109 cm³/mol. The zero-order valence-electron chi connectivity index (χ0n) is 16.4. The van der Waals surface area contributed by atoms with Gasteiger partial charge in [0.1, 0.15) is 0 Å². The highest BCUT2D eigenvalue weighted by Crippen LogP contribution is 2.36. The molecule has 7 heteroatoms. The van der Waals surface area contributed by atoms with Gasteiger partial charge < -0.3 is 9.31 Å². The lowest BCUT2D eigenvalue weighted by Gasteiger charge is -2.32. The normalized spacial score (nSPS) is 18.5. The third-order valence-electron chi connectivity index (χ3n) is 5.31. The summed E-state index contributed by atoms with van der Waals surface area (Å²) >= 11 is 0. The minimum absolute atomic E-state index is 0.237. The Morgan fingerprint density at radius 1 is 0.963 bits per heavy atom. The zero-order chi connectivity index (χ0) is 19.9. The van der Waals surface area contributed by atoms with E-state index in [1.807, 2.05) is 52.8 Å². The van der Waals surface area contributed by atoms with Gasteiger partial charge in [0, 0.05) is 5.69 Å². The summed E-state index contributed by atoms with van der Waals surface area (Å²) in [6, 6.07) is 14.0. The highest BCUT2D eigenvalue weighted by atomic mass is 32.2. The van der Waals surface area contributed by atoms with Crippen molar-refractivity contribution in [1.29, 1.82) is 0 Å². The highest BCUT2D eigenvalue weighted by Gasteiger charge is 2.51. The third kappa shape index (κ3) is 4.05. The highest BCUT2D eigenvalue weighted by molar-refractivity contribution is 7.92. The summed E-state index contributed by atoms with van der Waals surface area (Å²) in [5.74, 6) is 0. The van der Waals surface area contributed by atoms with Gasteiger partial charge in [-0.25, -0.2) is 8.42 Å². The summed E-state index contributed by atoms with van der Waals surface area (Å²) < 4.78 is 40.1. The molecule has 0 amide bonds. The topological polar surface area (TPSA) is 64.6 Å². The zero-order valence-corrected chi connectivity index (χ0v) is 17.3. The molecule has 0 aromatic heterocycles. The molecule has 2 aromatic carbocycles. The van der Waals surface area contributed by atoms with Gasteiger partial charge in [-0.3, -0.25) is 4.72 Å². The van der Waals surface area contributed by atoms with Crippen LogP contribution >= 0.6 is 0 Å². The molecule has 0 atom stereocenters. The molecule has 0 aliphatic carbocycles. The molecule has 0 spiro atoms. The second-order valence-corrected chi connectivity index (χ2v) is 9.50. The number of hydrogen-bond acceptors (Lipinski definition) is 4. The molecule has 1 aliphatic rings. The number of aryl methyl sites for hydroxylation is 1. The van der Waals surface area contributed by atoms with Crippen molar-refractivity contribution in [3.63, 3.8) is 0 Å². The summed E-state index contributed by atoms with van der Waals surface area (Å²) in [7, 11) is -4.19. The van der Waals surface area contributed by atoms with Gasteiger partial charge >= 0.3 is 7.12 Å². The van der Waals surface area contributed by atoms with Crippen molar-refractivity contribution < 1.29 is 17.7 Å². The van der Waals surface area contributed by atoms with Crippen LogP contribution in [0.15, 0.2) is 53.4 Å². The largest absolute Gasteiger partial charge is 0.494 e. The molecule has 1 aliphatic heterocycles. The van der Waals surface area contributed by atoms with Crippen LogP contribution in [-0.2, 0) is 25.8 Å². The van der Waals surface area contributed by atoms with E-state index in [4.69, 9.17) is 9.31 Å². The first-order valence-corrected chi connectivity index (χ1v) is 10.6. The van der Waals surface area contributed by atoms with Crippen LogP contribution in [0.2, 0.25) is 0 Å². The molecule has 144 valence electrons. The molecule has 27 heavy (non-hydrogen) atoms. The minimum Gasteiger partial charge on any atom is -0.399 e. The summed E-state index contributed by atoms with van der Waals surface area (Å²) in [4.78, 5) is 0.237. The molecule has 1 heterocycles. The second-order valence-electron chi connectivity index (χ2n) is 7.82. The Hall–Kier alpha value is -1.83. The molecular weight excluding hydrogens is 361 g/mol. The van der Waals surface area contributed by atoms with Crippen molar-refractivity contribution in [3.05, 3.63) is 54.1 Å². The fourth-order valence-corrected chi connectivity index (χ4v) is 3.90. The van der Waals surface area contributed by atoms with Crippen molar-refractivity contribution in [3.8, 4) is 0 Å². The smallest absolute Gasteiger partial charge is 0.399 e. The molecule has 2 aromatic rings. The molecule has 1 saturated heterocycles. The van der Waals surface area contributed by atoms with Crippen LogP contribution in [0.4, 0.5) is 5.69 Å². The summed E-state index contributed by atoms with van der Waals surface area (Å²) in [6.07, 6.45) is 0.865. The Labute approximate surface area is 162 Å². The number of benzene rings is 2. The maximum Gasteiger partial charge on any atom is 0.494 e. The lowest BCUT2D eigenvalue weighted by Crippen LogP contribution is -2.41. The maximum absolute atomic E-state index is 12.7. The van der Waals surface area contributed by atoms with Crippen LogP contribution in [0, 0.1) is 0 Å². The van der Waals surface area contributed by atoms with Gasteiger partial charge in [-0.1, -0.05) is 31.2 Å². The van der Waals surface area contributed by atoms with Gasteiger partial charge in [0.15, 0.2) is 0 Å². The SMILES string of the molecule is CCc1ccc(S(=O)(=O)Nc2cccc(B3OC(C)(C)C(C)(C)O3)c2)cc1. The molecule has 0 bridgehead atoms. The third-order valence-corrected chi connectivity index (χ3v) is 6.70. The van der Waals surface area contributed by atoms with Gasteiger partial charge in [0.05, 0.1) is 16.1 Å². The Morgan fingerprint density at radius 3 is 2.11 bits per heavy atom. The molecule has 0 saturated carbocycles. The molecular formula is C20H26BNO4S. The Bertz CT molecular complexity index is 907. The van der Waals surface area contributed by atoms with E-state index in [0.29, 0.717) is 5.69 Å². The average molecular weight is 387 g/mol. The standard InChI is InChI=1S/C20H26BNO4S/c1-6-15-10-12-18(13-11-15)27(23,24)22-17-9-7-8-16(14-17)21-25-19(2,3)20(4,5)26-21/h7-14,22H,6H2,1-5H3. The van der Waals surface area contributed by atoms with Crippen molar-refractivity contribution in [2.75, 3.05) is 4.72 Å². The number of rotatable bonds is 5. The van der Waals surface area contributed by atoms with Crippen LogP contribution in [0.25, 0.3) is 0 Å². The maximum atomic E-state index is 12.7. The first kappa shape index (κ1) is 19.9. The lowest BCUT2D eigenvalue weighted by atomic mass is 9.79. The van der Waals surface area contributed by atoms with Gasteiger partial charge in [0.2, 0.25) is 0 Å². The molecule has 0 radical (unpaired) electrons. The van der Waals surface area contributed by atoms with Crippen molar-refractivity contribution in [1.82, 2.24) is 0 Å². The van der Waals surface area contributed by atoms with E-state index in [1.54, 1.807) is 30.3 Å². The average Bonchev–Trinajstić information content (AvgIpc) is 2.82. The summed E-state index contributed by atoms with van der Waals surface area (Å²) in [5, 5.41) is 0. The minimum atomic E-state index is -3.66. The fraction of sp³-hybridized carbons (Fsp3) is 0.400. The predicted octanol–water partition coefficient (Wildman–Crippen LogP) is 3.35. The number of anilines is 1. The molecule has 0 unspecified atom stereocenters. The van der Waals surface area contributed by atoms with Gasteiger partial charge in [0.25, 0.3) is 10.0 Å². The fourth-order valence-electron chi connectivity index (χ4n) is 2.85. The van der Waals surface area contributed by atoms with Gasteiger partial charge in [-0.2, -0.15) is 0 Å². The number of nitrogens with one attached hydrogen (secondary N) is 1. The van der Waals surface area contributed by atoms with Crippen molar-refractivity contribution >= 4 is 28.3 Å². The summed E-state index contributed by atoms with van der Waals surface area (Å²) in [5.41, 5.74) is 1.44. The summed E-state index contributed by atoms with van der Waals surface area (Å²) in [6.45, 7) is 9.97. The molecule has 3 rings (SSSR count). The van der Waals surface area contributed by atoms with Crippen LogP contribution in [0.1, 0.15) is 40.2 Å². The van der Waals surface area contributed by atoms with E-state index >= 15 is 0 Å². The Kier molecular flexibility index (Phi) is 5.14. The second kappa shape index (κ2) is 6.97. The first-order valence-electron chi connectivity index (χ1n) is 9.11.